The maximum Gasteiger partial charge on any atom is 0.257 e. The second kappa shape index (κ2) is 6.24. The van der Waals surface area contributed by atoms with E-state index in [2.05, 4.69) is 17.2 Å². The highest BCUT2D eigenvalue weighted by Gasteiger charge is 2.00. The molecule has 0 saturated carbocycles. The average molecular weight is 244 g/mol. The molecule has 2 aromatic rings. The number of H-pyrrole nitrogens is 1. The lowest BCUT2D eigenvalue weighted by Gasteiger charge is -2.07. The van der Waals surface area contributed by atoms with E-state index in [0.29, 0.717) is 0 Å². The quantitative estimate of drug-likeness (QED) is 0.764. The number of hydrogen-bond acceptors (Lipinski definition) is 2. The summed E-state index contributed by atoms with van der Waals surface area (Å²) in [5, 5.41) is 5.01. The minimum Gasteiger partial charge on any atom is -0.372 e. The number of rotatable bonds is 6. The fraction of sp³-hybridized carbons (Fsp3) is 0.400. The molecule has 0 amide bonds. The Bertz CT molecular complexity index is 560. The third kappa shape index (κ3) is 3.13. The molecular formula is C15H20N2O. The lowest BCUT2D eigenvalue weighted by atomic mass is 10.2. The van der Waals surface area contributed by atoms with Crippen LogP contribution in [0.2, 0.25) is 0 Å². The van der Waals surface area contributed by atoms with Gasteiger partial charge in [0.25, 0.3) is 5.56 Å². The van der Waals surface area contributed by atoms with Crippen LogP contribution in [0, 0.1) is 0 Å². The van der Waals surface area contributed by atoms with Gasteiger partial charge in [0.1, 0.15) is 5.82 Å². The van der Waals surface area contributed by atoms with Gasteiger partial charge in [-0.25, -0.2) is 0 Å². The lowest BCUT2D eigenvalue weighted by molar-refractivity contribution is 0.684. The van der Waals surface area contributed by atoms with E-state index in [9.17, 15) is 4.79 Å². The number of fused-ring (bicyclic) bond motifs is 1. The van der Waals surface area contributed by atoms with Crippen LogP contribution in [0.15, 0.2) is 35.1 Å². The van der Waals surface area contributed by atoms with Crippen molar-refractivity contribution in [3.63, 3.8) is 0 Å². The van der Waals surface area contributed by atoms with Crippen LogP contribution in [0.1, 0.15) is 32.6 Å². The maximum absolute atomic E-state index is 11.8. The van der Waals surface area contributed by atoms with Crippen molar-refractivity contribution < 1.29 is 0 Å². The number of unbranched alkanes of at least 4 members (excludes halogenated alkanes) is 3. The maximum atomic E-state index is 11.8. The van der Waals surface area contributed by atoms with Crippen molar-refractivity contribution in [1.29, 1.82) is 0 Å². The van der Waals surface area contributed by atoms with Crippen molar-refractivity contribution >= 4 is 16.6 Å². The van der Waals surface area contributed by atoms with Crippen LogP contribution < -0.4 is 10.9 Å². The van der Waals surface area contributed by atoms with E-state index in [1.165, 1.54) is 19.3 Å². The Morgan fingerprint density at radius 3 is 2.83 bits per heavy atom. The van der Waals surface area contributed by atoms with Gasteiger partial charge in [0, 0.05) is 11.9 Å². The van der Waals surface area contributed by atoms with Crippen LogP contribution in [0.5, 0.6) is 0 Å². The summed E-state index contributed by atoms with van der Waals surface area (Å²) in [6.45, 7) is 3.11. The molecule has 2 rings (SSSR count). The fourth-order valence-corrected chi connectivity index (χ4v) is 2.08. The topological polar surface area (TPSA) is 44.9 Å². The summed E-state index contributed by atoms with van der Waals surface area (Å²) >= 11 is 0. The molecule has 2 N–H and O–H groups in total. The molecule has 0 saturated heterocycles. The number of aromatic nitrogens is 1. The number of aromatic amines is 1. The van der Waals surface area contributed by atoms with Crippen molar-refractivity contribution in [1.82, 2.24) is 4.98 Å². The smallest absolute Gasteiger partial charge is 0.257 e. The third-order valence-electron chi connectivity index (χ3n) is 3.10. The number of benzene rings is 1. The Hall–Kier alpha value is -1.77. The monoisotopic (exact) mass is 244 g/mol. The summed E-state index contributed by atoms with van der Waals surface area (Å²) in [6.07, 6.45) is 4.90. The minimum absolute atomic E-state index is 0.0239. The van der Waals surface area contributed by atoms with Gasteiger partial charge in [-0.15, -0.1) is 0 Å². The number of pyridine rings is 1. The fourth-order valence-electron chi connectivity index (χ4n) is 2.08. The van der Waals surface area contributed by atoms with Crippen LogP contribution >= 0.6 is 0 Å². The molecule has 0 bridgehead atoms. The molecular weight excluding hydrogens is 224 g/mol. The van der Waals surface area contributed by atoms with Crippen LogP contribution in [-0.4, -0.2) is 11.5 Å². The number of nitrogens with one attached hydrogen (secondary N) is 2. The molecule has 0 radical (unpaired) electrons. The standard InChI is InChI=1S/C15H20N2O/c1-2-3-4-7-10-16-14-11-12-8-5-6-9-13(12)15(18)17-14/h5-6,8-9,11H,2-4,7,10H2,1H3,(H2,16,17,18). The third-order valence-corrected chi connectivity index (χ3v) is 3.10. The highest BCUT2D eigenvalue weighted by Crippen LogP contribution is 2.12. The zero-order chi connectivity index (χ0) is 12.8. The lowest BCUT2D eigenvalue weighted by Crippen LogP contribution is -2.11. The van der Waals surface area contributed by atoms with Gasteiger partial charge in [-0.05, 0) is 23.9 Å². The number of anilines is 1. The van der Waals surface area contributed by atoms with Gasteiger partial charge in [-0.2, -0.15) is 0 Å². The van der Waals surface area contributed by atoms with Gasteiger partial charge in [-0.1, -0.05) is 44.4 Å². The van der Waals surface area contributed by atoms with E-state index in [1.807, 2.05) is 30.3 Å². The first-order valence-corrected chi connectivity index (χ1v) is 6.67. The Morgan fingerprint density at radius 2 is 2.00 bits per heavy atom. The molecule has 18 heavy (non-hydrogen) atoms. The molecule has 1 heterocycles. The van der Waals surface area contributed by atoms with E-state index in [-0.39, 0.29) is 5.56 Å². The molecule has 0 spiro atoms. The van der Waals surface area contributed by atoms with Gasteiger partial charge in [0.05, 0.1) is 0 Å². The first kappa shape index (κ1) is 12.7. The molecule has 3 nitrogen and oxygen atoms in total. The largest absolute Gasteiger partial charge is 0.372 e. The average Bonchev–Trinajstić information content (AvgIpc) is 2.39. The minimum atomic E-state index is -0.0239. The van der Waals surface area contributed by atoms with E-state index >= 15 is 0 Å². The highest BCUT2D eigenvalue weighted by atomic mass is 16.1. The second-order valence-corrected chi connectivity index (χ2v) is 4.59. The van der Waals surface area contributed by atoms with Crippen LogP contribution in [-0.2, 0) is 0 Å². The molecule has 0 unspecified atom stereocenters. The first-order valence-electron chi connectivity index (χ1n) is 6.67. The van der Waals surface area contributed by atoms with Crippen molar-refractivity contribution in [3.8, 4) is 0 Å². The van der Waals surface area contributed by atoms with Crippen LogP contribution in [0.4, 0.5) is 5.82 Å². The van der Waals surface area contributed by atoms with E-state index in [0.717, 1.165) is 29.6 Å². The van der Waals surface area contributed by atoms with Gasteiger partial charge >= 0.3 is 0 Å². The summed E-state index contributed by atoms with van der Waals surface area (Å²) in [5.74, 6) is 0.815. The second-order valence-electron chi connectivity index (χ2n) is 4.59. The first-order chi connectivity index (χ1) is 8.81. The number of hydrogen-bond donors (Lipinski definition) is 2. The normalized spacial score (nSPS) is 10.7. The van der Waals surface area contributed by atoms with Crippen molar-refractivity contribution in [3.05, 3.63) is 40.7 Å². The van der Waals surface area contributed by atoms with E-state index in [1.54, 1.807) is 0 Å². The van der Waals surface area contributed by atoms with Crippen LogP contribution in [0.3, 0.4) is 0 Å². The molecule has 96 valence electrons. The van der Waals surface area contributed by atoms with Gasteiger partial charge in [0.15, 0.2) is 0 Å². The summed E-state index contributed by atoms with van der Waals surface area (Å²) in [4.78, 5) is 14.7. The zero-order valence-electron chi connectivity index (χ0n) is 10.8. The van der Waals surface area contributed by atoms with Gasteiger partial charge in [0.2, 0.25) is 0 Å². The molecule has 0 fully saturated rings. The molecule has 3 heteroatoms. The highest BCUT2D eigenvalue weighted by molar-refractivity contribution is 5.83. The Labute approximate surface area is 107 Å². The Balaban J connectivity index is 2.03. The predicted octanol–water partition coefficient (Wildman–Crippen LogP) is 3.52. The molecule has 1 aromatic heterocycles. The Kier molecular flexibility index (Phi) is 4.40. The Morgan fingerprint density at radius 1 is 1.17 bits per heavy atom. The molecule has 0 atom stereocenters. The van der Waals surface area contributed by atoms with Crippen molar-refractivity contribution in [2.45, 2.75) is 32.6 Å². The predicted molar refractivity (Wildman–Crippen MR) is 77.2 cm³/mol. The van der Waals surface area contributed by atoms with Crippen molar-refractivity contribution in [2.75, 3.05) is 11.9 Å². The molecule has 0 aliphatic rings. The van der Waals surface area contributed by atoms with E-state index in [4.69, 9.17) is 0 Å². The summed E-state index contributed by atoms with van der Waals surface area (Å²) in [6, 6.07) is 9.64. The molecule has 1 aromatic carbocycles. The summed E-state index contributed by atoms with van der Waals surface area (Å²) in [7, 11) is 0. The van der Waals surface area contributed by atoms with Gasteiger partial charge < -0.3 is 10.3 Å². The van der Waals surface area contributed by atoms with E-state index < -0.39 is 0 Å². The van der Waals surface area contributed by atoms with Gasteiger partial charge in [-0.3, -0.25) is 4.79 Å². The summed E-state index contributed by atoms with van der Waals surface area (Å²) in [5.41, 5.74) is -0.0239. The summed E-state index contributed by atoms with van der Waals surface area (Å²) < 4.78 is 0. The molecule has 0 aliphatic heterocycles. The van der Waals surface area contributed by atoms with Crippen LogP contribution in [0.25, 0.3) is 10.8 Å². The SMILES string of the molecule is CCCCCCNc1cc2ccccc2c(=O)[nH]1. The molecule has 0 aliphatic carbocycles. The van der Waals surface area contributed by atoms with Crippen molar-refractivity contribution in [2.24, 2.45) is 0 Å². The zero-order valence-corrected chi connectivity index (χ0v) is 10.8.